The molecular weight excluding hydrogens is 402 g/mol. The van der Waals surface area contributed by atoms with Crippen LogP contribution in [0.1, 0.15) is 43.4 Å². The highest BCUT2D eigenvalue weighted by Gasteiger charge is 2.11. The zero-order chi connectivity index (χ0) is 21.0. The lowest BCUT2D eigenvalue weighted by Gasteiger charge is -2.26. The monoisotopic (exact) mass is 433 g/mol. The van der Waals surface area contributed by atoms with Crippen LogP contribution >= 0.6 is 0 Å². The van der Waals surface area contributed by atoms with Gasteiger partial charge in [0.15, 0.2) is 0 Å². The summed E-state index contributed by atoms with van der Waals surface area (Å²) in [5.74, 6) is 1.34. The highest BCUT2D eigenvalue weighted by Crippen LogP contribution is 2.15. The van der Waals surface area contributed by atoms with Gasteiger partial charge in [-0.1, -0.05) is 6.42 Å². The van der Waals surface area contributed by atoms with Gasteiger partial charge in [-0.2, -0.15) is 0 Å². The Hall–Kier alpha value is -2.19. The molecule has 0 unspecified atom stereocenters. The summed E-state index contributed by atoms with van der Waals surface area (Å²) in [5, 5.41) is 2.81. The zero-order valence-corrected chi connectivity index (χ0v) is 18.2. The first-order chi connectivity index (χ1) is 14.7. The van der Waals surface area contributed by atoms with Gasteiger partial charge < -0.3 is 14.5 Å². The van der Waals surface area contributed by atoms with Gasteiger partial charge in [0.1, 0.15) is 11.5 Å². The van der Waals surface area contributed by atoms with Gasteiger partial charge in [-0.3, -0.25) is 13.9 Å². The quantitative estimate of drug-likeness (QED) is 0.518. The molecule has 0 spiro atoms. The Morgan fingerprint density at radius 2 is 2.10 bits per heavy atom. The molecule has 0 bridgehead atoms. The van der Waals surface area contributed by atoms with Crippen LogP contribution in [0.5, 0.6) is 5.88 Å². The molecule has 1 N–H and O–H groups in total. The summed E-state index contributed by atoms with van der Waals surface area (Å²) < 4.78 is 22.8. The van der Waals surface area contributed by atoms with Crippen LogP contribution in [0.15, 0.2) is 41.1 Å². The zero-order valence-electron chi connectivity index (χ0n) is 17.4. The lowest BCUT2D eigenvalue weighted by Crippen LogP contribution is -2.29. The average molecular weight is 434 g/mol. The van der Waals surface area contributed by atoms with E-state index in [-0.39, 0.29) is 17.4 Å². The van der Waals surface area contributed by atoms with Crippen molar-refractivity contribution in [3.8, 4) is 5.88 Å². The lowest BCUT2D eigenvalue weighted by molar-refractivity contribution is -0.118. The topological polar surface area (TPSA) is 84.7 Å². The minimum Gasteiger partial charge on any atom is -0.478 e. The normalized spacial score (nSPS) is 15.6. The first-order valence-electron chi connectivity index (χ1n) is 10.6. The molecule has 8 heteroatoms. The van der Waals surface area contributed by atoms with Gasteiger partial charge in [0.25, 0.3) is 0 Å². The molecule has 1 aliphatic rings. The van der Waals surface area contributed by atoms with E-state index < -0.39 is 10.8 Å². The number of ether oxygens (including phenoxy) is 1. The summed E-state index contributed by atoms with van der Waals surface area (Å²) in [6.07, 6.45) is 8.85. The number of piperidine rings is 1. The van der Waals surface area contributed by atoms with Crippen LogP contribution < -0.4 is 10.1 Å². The van der Waals surface area contributed by atoms with E-state index in [4.69, 9.17) is 9.15 Å². The van der Waals surface area contributed by atoms with Crippen molar-refractivity contribution in [1.29, 1.82) is 0 Å². The molecule has 3 rings (SSSR count). The van der Waals surface area contributed by atoms with Crippen molar-refractivity contribution in [2.24, 2.45) is 0 Å². The molecule has 2 aromatic rings. The van der Waals surface area contributed by atoms with Crippen LogP contribution in [-0.4, -0.2) is 52.0 Å². The van der Waals surface area contributed by atoms with Crippen molar-refractivity contribution in [3.05, 3.63) is 48.0 Å². The number of rotatable bonds is 12. The molecular formula is C22H31N3O4S. The molecule has 30 heavy (non-hydrogen) atoms. The molecule has 1 aliphatic heterocycles. The molecule has 3 heterocycles. The summed E-state index contributed by atoms with van der Waals surface area (Å²) in [5.41, 5.74) is 1.23. The summed E-state index contributed by atoms with van der Waals surface area (Å²) in [6, 6.07) is 7.57. The Kier molecular flexibility index (Phi) is 9.37. The number of carbonyl (C=O) groups excluding carboxylic acids is 1. The second-order valence-electron chi connectivity index (χ2n) is 7.55. The number of hydrogen-bond acceptors (Lipinski definition) is 6. The third-order valence-corrected chi connectivity index (χ3v) is 6.16. The fourth-order valence-electron chi connectivity index (χ4n) is 3.44. The van der Waals surface area contributed by atoms with E-state index in [2.05, 4.69) is 15.2 Å². The summed E-state index contributed by atoms with van der Waals surface area (Å²) in [4.78, 5) is 18.6. The fraction of sp³-hybridized carbons (Fsp3) is 0.545. The number of pyridine rings is 1. The van der Waals surface area contributed by atoms with E-state index in [9.17, 15) is 9.00 Å². The van der Waals surface area contributed by atoms with Crippen molar-refractivity contribution in [2.75, 3.05) is 32.0 Å². The number of unbranched alkanes of at least 4 members (excludes halogenated alkanes) is 1. The highest BCUT2D eigenvalue weighted by atomic mass is 32.2. The Morgan fingerprint density at radius 3 is 2.90 bits per heavy atom. The van der Waals surface area contributed by atoms with Gasteiger partial charge in [0.05, 0.1) is 18.6 Å². The van der Waals surface area contributed by atoms with Gasteiger partial charge in [-0.25, -0.2) is 4.98 Å². The van der Waals surface area contributed by atoms with Crippen molar-refractivity contribution in [1.82, 2.24) is 15.2 Å². The van der Waals surface area contributed by atoms with Crippen LogP contribution in [0.25, 0.3) is 0 Å². The predicted octanol–water partition coefficient (Wildman–Crippen LogP) is 2.88. The number of nitrogens with zero attached hydrogens (tertiary/aromatic N) is 2. The molecule has 0 radical (unpaired) electrons. The SMILES string of the molecule is O=C(C[S@](=O)Cc1ccco1)NCCCCOc1cc(CN2CCCCC2)ccn1. The third kappa shape index (κ3) is 8.28. The van der Waals surface area contributed by atoms with E-state index >= 15 is 0 Å². The van der Waals surface area contributed by atoms with E-state index in [0.717, 1.165) is 19.4 Å². The molecule has 1 amide bonds. The molecule has 1 saturated heterocycles. The second kappa shape index (κ2) is 12.5. The van der Waals surface area contributed by atoms with E-state index in [0.29, 0.717) is 24.8 Å². The van der Waals surface area contributed by atoms with Crippen LogP contribution in [0, 0.1) is 0 Å². The number of carbonyl (C=O) groups is 1. The molecule has 0 saturated carbocycles. The summed E-state index contributed by atoms with van der Waals surface area (Å²) in [6.45, 7) is 4.39. The van der Waals surface area contributed by atoms with Crippen molar-refractivity contribution < 1.29 is 18.2 Å². The highest BCUT2D eigenvalue weighted by molar-refractivity contribution is 7.84. The Morgan fingerprint density at radius 1 is 1.23 bits per heavy atom. The van der Waals surface area contributed by atoms with Gasteiger partial charge in [0.2, 0.25) is 11.8 Å². The van der Waals surface area contributed by atoms with E-state index in [1.54, 1.807) is 18.3 Å². The predicted molar refractivity (Wildman–Crippen MR) is 117 cm³/mol. The number of furan rings is 1. The number of nitrogens with one attached hydrogen (secondary N) is 1. The van der Waals surface area contributed by atoms with Crippen molar-refractivity contribution in [2.45, 2.75) is 44.4 Å². The van der Waals surface area contributed by atoms with E-state index in [1.165, 1.54) is 44.2 Å². The minimum absolute atomic E-state index is 0.00900. The molecule has 1 fully saturated rings. The van der Waals surface area contributed by atoms with Gasteiger partial charge in [-0.05, 0) is 62.5 Å². The first kappa shape index (κ1) is 22.5. The largest absolute Gasteiger partial charge is 0.478 e. The third-order valence-electron chi connectivity index (χ3n) is 4.97. The maximum absolute atomic E-state index is 11.9. The minimum atomic E-state index is -1.26. The Bertz CT molecular complexity index is 791. The molecule has 2 aromatic heterocycles. The second-order valence-corrected chi connectivity index (χ2v) is 9.01. The van der Waals surface area contributed by atoms with E-state index in [1.807, 2.05) is 12.1 Å². The fourth-order valence-corrected chi connectivity index (χ4v) is 4.41. The van der Waals surface area contributed by atoms with Gasteiger partial charge >= 0.3 is 0 Å². The molecule has 164 valence electrons. The maximum Gasteiger partial charge on any atom is 0.232 e. The summed E-state index contributed by atoms with van der Waals surface area (Å²) >= 11 is 0. The van der Waals surface area contributed by atoms with Crippen molar-refractivity contribution in [3.63, 3.8) is 0 Å². The van der Waals surface area contributed by atoms with Gasteiger partial charge in [0, 0.05) is 36.2 Å². The number of hydrogen-bond donors (Lipinski definition) is 1. The van der Waals surface area contributed by atoms with Gasteiger partial charge in [-0.15, -0.1) is 0 Å². The summed E-state index contributed by atoms with van der Waals surface area (Å²) in [7, 11) is -1.26. The van der Waals surface area contributed by atoms with Crippen LogP contribution in [0.3, 0.4) is 0 Å². The Balaban J connectivity index is 1.25. The van der Waals surface area contributed by atoms with Crippen LogP contribution in [0.4, 0.5) is 0 Å². The molecule has 1 atom stereocenters. The molecule has 7 nitrogen and oxygen atoms in total. The molecule has 0 aliphatic carbocycles. The standard InChI is InChI=1S/C22H31N3O4S/c26-21(18-30(27)17-20-7-6-14-28-20)23-9-2-5-13-29-22-15-19(8-10-24-22)16-25-11-3-1-4-12-25/h6-8,10,14-15H,1-5,9,11-13,16-18H2,(H,23,26)/t30-/m1/s1. The Labute approximate surface area is 180 Å². The van der Waals surface area contributed by atoms with Crippen LogP contribution in [0.2, 0.25) is 0 Å². The number of amides is 1. The lowest BCUT2D eigenvalue weighted by atomic mass is 10.1. The molecule has 0 aromatic carbocycles. The number of likely N-dealkylation sites (tertiary alicyclic amines) is 1. The average Bonchev–Trinajstić information content (AvgIpc) is 3.24. The van der Waals surface area contributed by atoms with Crippen molar-refractivity contribution >= 4 is 16.7 Å². The van der Waals surface area contributed by atoms with Crippen LogP contribution in [-0.2, 0) is 27.9 Å². The maximum atomic E-state index is 11.9. The first-order valence-corrected chi connectivity index (χ1v) is 12.1. The number of aromatic nitrogens is 1. The smallest absolute Gasteiger partial charge is 0.232 e.